The van der Waals surface area contributed by atoms with Gasteiger partial charge in [0.05, 0.1) is 0 Å². The van der Waals surface area contributed by atoms with E-state index in [1.165, 1.54) is 25.7 Å². The molecule has 10 N–H and O–H groups in total. The number of nitrogens with two attached hydrogens (primary N) is 4. The third-order valence-corrected chi connectivity index (χ3v) is 3.35. The molecule has 0 fully saturated rings. The Balaban J connectivity index is -0.000000308. The Kier molecular flexibility index (Phi) is 32.5. The summed E-state index contributed by atoms with van der Waals surface area (Å²) in [6, 6.07) is 0. The molecule has 158 valence electrons. The standard InChI is InChI=1S/2C6H16N2.C6H10O4/c2*7-5-3-1-2-4-6-8;7-5(8)3-1-2-4-6(9)10/h2*1-8H2;1-4H2,(H,7,8)(H,9,10). The molecule has 0 aliphatic rings. The van der Waals surface area contributed by atoms with Gasteiger partial charge in [0.15, 0.2) is 0 Å². The van der Waals surface area contributed by atoms with Gasteiger partial charge < -0.3 is 33.1 Å². The van der Waals surface area contributed by atoms with Crippen LogP contribution in [0.4, 0.5) is 0 Å². The predicted octanol–water partition coefficient (Wildman–Crippen LogP) is 1.64. The van der Waals surface area contributed by atoms with Gasteiger partial charge in [0, 0.05) is 12.8 Å². The molecule has 0 atom stereocenters. The summed E-state index contributed by atoms with van der Waals surface area (Å²) in [6.07, 6.45) is 10.6. The zero-order valence-corrected chi connectivity index (χ0v) is 16.3. The summed E-state index contributed by atoms with van der Waals surface area (Å²) in [6.45, 7) is 3.30. The SMILES string of the molecule is NCCCCCCN.NCCCCCCN.O=C(O)CCCCC(=O)O. The molecule has 0 amide bonds. The molecule has 8 nitrogen and oxygen atoms in total. The van der Waals surface area contributed by atoms with E-state index in [0.29, 0.717) is 12.8 Å². The fourth-order valence-electron chi connectivity index (χ4n) is 1.84. The number of hydrogen-bond donors (Lipinski definition) is 6. The van der Waals surface area contributed by atoms with E-state index >= 15 is 0 Å². The molecular formula is C18H42N4O4. The molecule has 0 aromatic carbocycles. The zero-order valence-electron chi connectivity index (χ0n) is 16.3. The predicted molar refractivity (Wildman–Crippen MR) is 107 cm³/mol. The average Bonchev–Trinajstić information content (AvgIpc) is 2.60. The van der Waals surface area contributed by atoms with E-state index in [4.69, 9.17) is 33.1 Å². The van der Waals surface area contributed by atoms with Gasteiger partial charge in [0.1, 0.15) is 0 Å². The lowest BCUT2D eigenvalue weighted by molar-refractivity contribution is -0.139. The van der Waals surface area contributed by atoms with Crippen LogP contribution in [-0.4, -0.2) is 48.3 Å². The summed E-state index contributed by atoms with van der Waals surface area (Å²) in [5, 5.41) is 16.3. The van der Waals surface area contributed by atoms with E-state index in [2.05, 4.69) is 0 Å². The minimum absolute atomic E-state index is 0.0628. The second kappa shape index (κ2) is 28.6. The van der Waals surface area contributed by atoms with Gasteiger partial charge in [-0.3, -0.25) is 9.59 Å². The average molecular weight is 379 g/mol. The van der Waals surface area contributed by atoms with Crippen LogP contribution in [0.1, 0.15) is 77.0 Å². The van der Waals surface area contributed by atoms with Crippen LogP contribution in [0.5, 0.6) is 0 Å². The van der Waals surface area contributed by atoms with Gasteiger partial charge in [-0.1, -0.05) is 25.7 Å². The molecule has 26 heavy (non-hydrogen) atoms. The van der Waals surface area contributed by atoms with Crippen molar-refractivity contribution in [3.63, 3.8) is 0 Å². The largest absolute Gasteiger partial charge is 0.481 e. The third-order valence-electron chi connectivity index (χ3n) is 3.35. The number of rotatable bonds is 15. The van der Waals surface area contributed by atoms with Crippen LogP contribution in [0.15, 0.2) is 0 Å². The Morgan fingerprint density at radius 1 is 0.462 bits per heavy atom. The fraction of sp³-hybridized carbons (Fsp3) is 0.889. The molecule has 0 aliphatic heterocycles. The van der Waals surface area contributed by atoms with Crippen LogP contribution < -0.4 is 22.9 Å². The highest BCUT2D eigenvalue weighted by Crippen LogP contribution is 1.98. The molecule has 0 aromatic rings. The zero-order chi connectivity index (χ0) is 20.5. The van der Waals surface area contributed by atoms with E-state index in [-0.39, 0.29) is 12.8 Å². The minimum Gasteiger partial charge on any atom is -0.481 e. The Morgan fingerprint density at radius 2 is 0.692 bits per heavy atom. The molecule has 0 aliphatic carbocycles. The first-order valence-electron chi connectivity index (χ1n) is 9.70. The van der Waals surface area contributed by atoms with Crippen molar-refractivity contribution in [1.82, 2.24) is 0 Å². The molecule has 0 spiro atoms. The van der Waals surface area contributed by atoms with Crippen molar-refractivity contribution in [2.75, 3.05) is 26.2 Å². The van der Waals surface area contributed by atoms with Crippen LogP contribution in [-0.2, 0) is 9.59 Å². The summed E-state index contributed by atoms with van der Waals surface area (Å²) < 4.78 is 0. The van der Waals surface area contributed by atoms with Gasteiger partial charge in [0.25, 0.3) is 0 Å². The molecule has 0 saturated carbocycles. The van der Waals surface area contributed by atoms with Gasteiger partial charge in [-0.15, -0.1) is 0 Å². The normalized spacial score (nSPS) is 9.54. The first kappa shape index (κ1) is 29.5. The Labute approximate surface area is 158 Å². The van der Waals surface area contributed by atoms with Crippen molar-refractivity contribution in [1.29, 1.82) is 0 Å². The van der Waals surface area contributed by atoms with Crippen molar-refractivity contribution in [2.24, 2.45) is 22.9 Å². The summed E-state index contributed by atoms with van der Waals surface area (Å²) in [7, 11) is 0. The monoisotopic (exact) mass is 378 g/mol. The quantitative estimate of drug-likeness (QED) is 0.233. The molecule has 0 bridgehead atoms. The number of hydrogen-bond acceptors (Lipinski definition) is 6. The third kappa shape index (κ3) is 43.4. The van der Waals surface area contributed by atoms with Crippen LogP contribution in [0.2, 0.25) is 0 Å². The lowest BCUT2D eigenvalue weighted by atomic mass is 10.2. The van der Waals surface area contributed by atoms with E-state index in [1.54, 1.807) is 0 Å². The Hall–Kier alpha value is -1.22. The highest BCUT2D eigenvalue weighted by Gasteiger charge is 1.99. The van der Waals surface area contributed by atoms with Gasteiger partial charge in [-0.05, 0) is 64.7 Å². The molecule has 0 heterocycles. The first-order valence-corrected chi connectivity index (χ1v) is 9.70. The maximum absolute atomic E-state index is 9.90. The van der Waals surface area contributed by atoms with E-state index in [9.17, 15) is 9.59 Å². The molecule has 0 radical (unpaired) electrons. The minimum atomic E-state index is -0.870. The Morgan fingerprint density at radius 3 is 0.846 bits per heavy atom. The van der Waals surface area contributed by atoms with Gasteiger partial charge >= 0.3 is 11.9 Å². The second-order valence-corrected chi connectivity index (χ2v) is 5.98. The van der Waals surface area contributed by atoms with E-state index < -0.39 is 11.9 Å². The summed E-state index contributed by atoms with van der Waals surface area (Å²) in [5.41, 5.74) is 21.1. The van der Waals surface area contributed by atoms with Crippen LogP contribution in [0.3, 0.4) is 0 Å². The fourth-order valence-corrected chi connectivity index (χ4v) is 1.84. The Bertz CT molecular complexity index is 252. The molecule has 8 heteroatoms. The van der Waals surface area contributed by atoms with Crippen LogP contribution in [0, 0.1) is 0 Å². The van der Waals surface area contributed by atoms with Crippen LogP contribution in [0.25, 0.3) is 0 Å². The summed E-state index contributed by atoms with van der Waals surface area (Å²) in [4.78, 5) is 19.8. The molecule has 0 unspecified atom stereocenters. The highest BCUT2D eigenvalue weighted by molar-refractivity contribution is 5.67. The summed E-state index contributed by atoms with van der Waals surface area (Å²) >= 11 is 0. The van der Waals surface area contributed by atoms with Crippen LogP contribution >= 0.6 is 0 Å². The lowest BCUT2D eigenvalue weighted by Crippen LogP contribution is -2.00. The van der Waals surface area contributed by atoms with Crippen molar-refractivity contribution >= 4 is 11.9 Å². The smallest absolute Gasteiger partial charge is 0.303 e. The van der Waals surface area contributed by atoms with Crippen molar-refractivity contribution in [2.45, 2.75) is 77.0 Å². The highest BCUT2D eigenvalue weighted by atomic mass is 16.4. The first-order chi connectivity index (χ1) is 12.5. The van der Waals surface area contributed by atoms with Gasteiger partial charge in [0.2, 0.25) is 0 Å². The van der Waals surface area contributed by atoms with E-state index in [0.717, 1.165) is 51.9 Å². The number of carbonyl (C=O) groups is 2. The van der Waals surface area contributed by atoms with E-state index in [1.807, 2.05) is 0 Å². The molecule has 0 aromatic heterocycles. The number of carboxylic acid groups (broad SMARTS) is 2. The molecule has 0 saturated heterocycles. The molecule has 0 rings (SSSR count). The number of carboxylic acids is 2. The summed E-state index contributed by atoms with van der Waals surface area (Å²) in [5.74, 6) is -1.74. The molecular weight excluding hydrogens is 336 g/mol. The lowest BCUT2D eigenvalue weighted by Gasteiger charge is -1.94. The number of unbranched alkanes of at least 4 members (excludes halogenated alkanes) is 7. The van der Waals surface area contributed by atoms with Gasteiger partial charge in [-0.25, -0.2) is 0 Å². The number of aliphatic carboxylic acids is 2. The topological polar surface area (TPSA) is 179 Å². The van der Waals surface area contributed by atoms with Crippen molar-refractivity contribution in [3.8, 4) is 0 Å². The maximum Gasteiger partial charge on any atom is 0.303 e. The van der Waals surface area contributed by atoms with Crippen molar-refractivity contribution in [3.05, 3.63) is 0 Å². The second-order valence-electron chi connectivity index (χ2n) is 5.98. The van der Waals surface area contributed by atoms with Gasteiger partial charge in [-0.2, -0.15) is 0 Å². The maximum atomic E-state index is 9.90. The van der Waals surface area contributed by atoms with Crippen molar-refractivity contribution < 1.29 is 19.8 Å².